The van der Waals surface area contributed by atoms with Crippen molar-refractivity contribution in [1.82, 2.24) is 0 Å². The molecule has 1 nitrogen and oxygen atoms in total. The number of phenols is 1. The number of phenolic OH excluding ortho intramolecular Hbond substituents is 1. The minimum atomic E-state index is 0.147. The van der Waals surface area contributed by atoms with Gasteiger partial charge in [-0.3, -0.25) is 0 Å². The van der Waals surface area contributed by atoms with Crippen LogP contribution in [0.15, 0.2) is 22.7 Å². The van der Waals surface area contributed by atoms with Crippen molar-refractivity contribution >= 4 is 15.9 Å². The van der Waals surface area contributed by atoms with Crippen molar-refractivity contribution in [2.45, 2.75) is 45.4 Å². The lowest BCUT2D eigenvalue weighted by Gasteiger charge is -2.25. The minimum Gasteiger partial charge on any atom is -0.507 e. The van der Waals surface area contributed by atoms with Gasteiger partial charge in [0.25, 0.3) is 0 Å². The normalized spacial score (nSPS) is 11.7. The van der Waals surface area contributed by atoms with Crippen LogP contribution < -0.4 is 0 Å². The first kappa shape index (κ1) is 12.6. The third-order valence-corrected chi connectivity index (χ3v) is 3.55. The van der Waals surface area contributed by atoms with E-state index < -0.39 is 0 Å². The molecule has 0 fully saturated rings. The molecule has 0 saturated heterocycles. The van der Waals surface area contributed by atoms with E-state index in [-0.39, 0.29) is 5.41 Å². The number of aromatic hydroxyl groups is 1. The van der Waals surface area contributed by atoms with Crippen LogP contribution in [0.4, 0.5) is 0 Å². The molecule has 0 spiro atoms. The molecule has 0 aliphatic carbocycles. The molecule has 0 aliphatic rings. The van der Waals surface area contributed by atoms with Gasteiger partial charge in [0.2, 0.25) is 0 Å². The van der Waals surface area contributed by atoms with Crippen LogP contribution >= 0.6 is 15.9 Å². The molecule has 1 aromatic rings. The molecule has 0 bridgehead atoms. The lowest BCUT2D eigenvalue weighted by atomic mass is 9.80. The Morgan fingerprint density at radius 1 is 1.33 bits per heavy atom. The van der Waals surface area contributed by atoms with Gasteiger partial charge in [0, 0.05) is 0 Å². The summed E-state index contributed by atoms with van der Waals surface area (Å²) in [6.45, 7) is 6.66. The van der Waals surface area contributed by atoms with E-state index in [1.165, 1.54) is 18.4 Å². The molecule has 1 rings (SSSR count). The summed E-state index contributed by atoms with van der Waals surface area (Å²) in [6, 6.07) is 5.86. The zero-order valence-electron chi connectivity index (χ0n) is 9.68. The van der Waals surface area contributed by atoms with E-state index in [1.807, 2.05) is 12.1 Å². The highest BCUT2D eigenvalue weighted by molar-refractivity contribution is 9.10. The monoisotopic (exact) mass is 270 g/mol. The second-order valence-corrected chi connectivity index (χ2v) is 5.51. The van der Waals surface area contributed by atoms with Gasteiger partial charge in [-0.15, -0.1) is 0 Å². The molecule has 1 aromatic carbocycles. The Labute approximate surface area is 101 Å². The highest BCUT2D eigenvalue weighted by Gasteiger charge is 2.20. The topological polar surface area (TPSA) is 20.2 Å². The van der Waals surface area contributed by atoms with Gasteiger partial charge in [-0.1, -0.05) is 39.7 Å². The zero-order valence-corrected chi connectivity index (χ0v) is 11.3. The van der Waals surface area contributed by atoms with Gasteiger partial charge in [0.1, 0.15) is 5.75 Å². The number of unbranched alkanes of at least 4 members (excludes halogenated alkanes) is 1. The lowest BCUT2D eigenvalue weighted by Crippen LogP contribution is -2.16. The van der Waals surface area contributed by atoms with Crippen molar-refractivity contribution in [1.29, 1.82) is 0 Å². The highest BCUT2D eigenvalue weighted by atomic mass is 79.9. The number of halogens is 1. The summed E-state index contributed by atoms with van der Waals surface area (Å²) in [5, 5.41) is 9.64. The molecule has 0 aliphatic heterocycles. The SMILES string of the molecule is CCCCC(C)(C)c1ccc(Br)c(O)c1. The average molecular weight is 271 g/mol. The van der Waals surface area contributed by atoms with E-state index >= 15 is 0 Å². The van der Waals surface area contributed by atoms with Crippen molar-refractivity contribution in [3.05, 3.63) is 28.2 Å². The van der Waals surface area contributed by atoms with E-state index in [1.54, 1.807) is 0 Å². The molecule has 84 valence electrons. The van der Waals surface area contributed by atoms with Crippen LogP contribution in [0.1, 0.15) is 45.6 Å². The van der Waals surface area contributed by atoms with Crippen LogP contribution in [-0.4, -0.2) is 5.11 Å². The third-order valence-electron chi connectivity index (χ3n) is 2.88. The first-order chi connectivity index (χ1) is 6.97. The molecule has 0 radical (unpaired) electrons. The van der Waals surface area contributed by atoms with Gasteiger partial charge in [-0.05, 0) is 45.5 Å². The predicted octanol–water partition coefficient (Wildman–Crippen LogP) is 4.62. The standard InChI is InChI=1S/C13H19BrO/c1-4-5-8-13(2,3)10-6-7-11(14)12(15)9-10/h6-7,9,15H,4-5,8H2,1-3H3. The first-order valence-corrected chi connectivity index (χ1v) is 6.25. The van der Waals surface area contributed by atoms with Gasteiger partial charge in [0.05, 0.1) is 4.47 Å². The fourth-order valence-electron chi connectivity index (χ4n) is 1.70. The zero-order chi connectivity index (χ0) is 11.5. The quantitative estimate of drug-likeness (QED) is 0.847. The molecule has 2 heteroatoms. The molecule has 0 aromatic heterocycles. The summed E-state index contributed by atoms with van der Waals surface area (Å²) in [7, 11) is 0. The molecular formula is C13H19BrO. The number of hydrogen-bond acceptors (Lipinski definition) is 1. The lowest BCUT2D eigenvalue weighted by molar-refractivity contribution is 0.444. The van der Waals surface area contributed by atoms with Crippen molar-refractivity contribution in [2.75, 3.05) is 0 Å². The van der Waals surface area contributed by atoms with E-state index in [9.17, 15) is 5.11 Å². The first-order valence-electron chi connectivity index (χ1n) is 5.46. The molecule has 0 amide bonds. The molecule has 0 heterocycles. The summed E-state index contributed by atoms with van der Waals surface area (Å²) in [6.07, 6.45) is 3.60. The van der Waals surface area contributed by atoms with Gasteiger partial charge < -0.3 is 5.11 Å². The van der Waals surface area contributed by atoms with Crippen LogP contribution in [0.3, 0.4) is 0 Å². The summed E-state index contributed by atoms with van der Waals surface area (Å²) in [5.74, 6) is 0.331. The third kappa shape index (κ3) is 3.23. The fraction of sp³-hybridized carbons (Fsp3) is 0.538. The van der Waals surface area contributed by atoms with Gasteiger partial charge in [-0.25, -0.2) is 0 Å². The Hall–Kier alpha value is -0.500. The Morgan fingerprint density at radius 2 is 2.00 bits per heavy atom. The maximum atomic E-state index is 9.64. The van der Waals surface area contributed by atoms with Crippen LogP contribution in [-0.2, 0) is 5.41 Å². The van der Waals surface area contributed by atoms with E-state index in [4.69, 9.17) is 0 Å². The maximum absolute atomic E-state index is 9.64. The molecule has 0 saturated carbocycles. The maximum Gasteiger partial charge on any atom is 0.130 e. The molecule has 1 N–H and O–H groups in total. The van der Waals surface area contributed by atoms with E-state index in [0.29, 0.717) is 5.75 Å². The van der Waals surface area contributed by atoms with Crippen LogP contribution in [0, 0.1) is 0 Å². The van der Waals surface area contributed by atoms with Crippen LogP contribution in [0.2, 0.25) is 0 Å². The second-order valence-electron chi connectivity index (χ2n) is 4.65. The number of rotatable bonds is 4. The molecule has 15 heavy (non-hydrogen) atoms. The molecular weight excluding hydrogens is 252 g/mol. The van der Waals surface area contributed by atoms with Gasteiger partial charge in [-0.2, -0.15) is 0 Å². The van der Waals surface area contributed by atoms with Crippen LogP contribution in [0.5, 0.6) is 5.75 Å². The highest BCUT2D eigenvalue weighted by Crippen LogP contribution is 2.33. The average Bonchev–Trinajstić information content (AvgIpc) is 2.19. The summed E-state index contributed by atoms with van der Waals surface area (Å²) >= 11 is 3.30. The fourth-order valence-corrected chi connectivity index (χ4v) is 1.94. The van der Waals surface area contributed by atoms with Crippen molar-refractivity contribution in [3.8, 4) is 5.75 Å². The Bertz CT molecular complexity index is 331. The summed E-state index contributed by atoms with van der Waals surface area (Å²) in [4.78, 5) is 0. The second kappa shape index (κ2) is 5.02. The molecule has 0 unspecified atom stereocenters. The van der Waals surface area contributed by atoms with Crippen molar-refractivity contribution in [2.24, 2.45) is 0 Å². The van der Waals surface area contributed by atoms with Crippen molar-refractivity contribution < 1.29 is 5.11 Å². The Balaban J connectivity index is 2.89. The number of benzene rings is 1. The smallest absolute Gasteiger partial charge is 0.130 e. The minimum absolute atomic E-state index is 0.147. The summed E-state index contributed by atoms with van der Waals surface area (Å²) < 4.78 is 0.762. The Kier molecular flexibility index (Phi) is 4.21. The number of hydrogen-bond donors (Lipinski definition) is 1. The summed E-state index contributed by atoms with van der Waals surface area (Å²) in [5.41, 5.74) is 1.35. The molecule has 0 atom stereocenters. The largest absolute Gasteiger partial charge is 0.507 e. The van der Waals surface area contributed by atoms with E-state index in [2.05, 4.69) is 42.8 Å². The van der Waals surface area contributed by atoms with Crippen molar-refractivity contribution in [3.63, 3.8) is 0 Å². The van der Waals surface area contributed by atoms with Gasteiger partial charge >= 0.3 is 0 Å². The Morgan fingerprint density at radius 3 is 2.53 bits per heavy atom. The predicted molar refractivity (Wildman–Crippen MR) is 68.4 cm³/mol. The van der Waals surface area contributed by atoms with Crippen LogP contribution in [0.25, 0.3) is 0 Å². The van der Waals surface area contributed by atoms with E-state index in [0.717, 1.165) is 10.9 Å². The van der Waals surface area contributed by atoms with Gasteiger partial charge in [0.15, 0.2) is 0 Å².